The fourth-order valence-corrected chi connectivity index (χ4v) is 3.23. The Bertz CT molecular complexity index is 906. The lowest BCUT2D eigenvalue weighted by Gasteiger charge is -2.25. The molecular weight excluding hydrogens is 387 g/mol. The molecule has 2 aromatic carbocycles. The van der Waals surface area contributed by atoms with Gasteiger partial charge in [0, 0.05) is 12.0 Å². The predicted octanol–water partition coefficient (Wildman–Crippen LogP) is 7.61. The fraction of sp³-hybridized carbons (Fsp3) is 0.150. The van der Waals surface area contributed by atoms with Gasteiger partial charge in [0.1, 0.15) is 5.83 Å². The van der Waals surface area contributed by atoms with E-state index in [-0.39, 0.29) is 27.6 Å². The summed E-state index contributed by atoms with van der Waals surface area (Å²) in [5.41, 5.74) is 0.630. The zero-order chi connectivity index (χ0) is 19.1. The van der Waals surface area contributed by atoms with E-state index in [2.05, 4.69) is 0 Å². The summed E-state index contributed by atoms with van der Waals surface area (Å²) < 4.78 is 55.2. The van der Waals surface area contributed by atoms with Crippen LogP contribution in [0.2, 0.25) is 10.0 Å². The minimum Gasteiger partial charge on any atom is -0.211 e. The van der Waals surface area contributed by atoms with E-state index >= 15 is 0 Å². The highest BCUT2D eigenvalue weighted by Gasteiger charge is 2.42. The summed E-state index contributed by atoms with van der Waals surface area (Å²) in [6.45, 7) is 1.88. The van der Waals surface area contributed by atoms with E-state index in [9.17, 15) is 17.6 Å². The minimum atomic E-state index is -4.85. The Morgan fingerprint density at radius 3 is 2.08 bits per heavy atom. The summed E-state index contributed by atoms with van der Waals surface area (Å²) >= 11 is 11.9. The first-order chi connectivity index (χ1) is 12.2. The van der Waals surface area contributed by atoms with Gasteiger partial charge in [-0.15, -0.1) is 0 Å². The molecule has 0 bridgehead atoms. The molecule has 0 fully saturated rings. The van der Waals surface area contributed by atoms with E-state index in [0.717, 1.165) is 12.0 Å². The first-order valence-corrected chi connectivity index (χ1v) is 8.50. The maximum atomic E-state index is 14.2. The molecule has 6 heteroatoms. The van der Waals surface area contributed by atoms with Crippen LogP contribution in [-0.2, 0) is 0 Å². The maximum absolute atomic E-state index is 14.2. The Morgan fingerprint density at radius 1 is 0.885 bits per heavy atom. The summed E-state index contributed by atoms with van der Waals surface area (Å²) in [6, 6.07) is 11.2. The summed E-state index contributed by atoms with van der Waals surface area (Å²) in [6.07, 6.45) is -3.85. The Labute approximate surface area is 158 Å². The molecule has 0 N–H and O–H groups in total. The zero-order valence-electron chi connectivity index (χ0n) is 13.6. The number of rotatable bonds is 2. The molecule has 0 saturated carbocycles. The molecule has 0 aromatic heterocycles. The molecule has 26 heavy (non-hydrogen) atoms. The van der Waals surface area contributed by atoms with E-state index in [4.69, 9.17) is 23.2 Å². The molecule has 0 heterocycles. The van der Waals surface area contributed by atoms with Crippen molar-refractivity contribution in [2.45, 2.75) is 19.5 Å². The second kappa shape index (κ2) is 7.09. The smallest absolute Gasteiger partial charge is 0.211 e. The Hall–Kier alpha value is -1.78. The van der Waals surface area contributed by atoms with E-state index in [1.165, 1.54) is 18.2 Å². The summed E-state index contributed by atoms with van der Waals surface area (Å²) in [5, 5.41) is 0.324. The van der Waals surface area contributed by atoms with Crippen molar-refractivity contribution >= 4 is 34.3 Å². The van der Waals surface area contributed by atoms with Gasteiger partial charge in [-0.1, -0.05) is 59.1 Å². The number of benzene rings is 2. The molecule has 1 radical (unpaired) electrons. The van der Waals surface area contributed by atoms with E-state index < -0.39 is 17.6 Å². The fourth-order valence-electron chi connectivity index (χ4n) is 2.93. The number of aryl methyl sites for hydroxylation is 1. The van der Waals surface area contributed by atoms with Crippen LogP contribution in [0.5, 0.6) is 0 Å². The Balaban J connectivity index is 2.32. The molecule has 0 aliphatic heterocycles. The lowest BCUT2D eigenvalue weighted by atomic mass is 9.82. The molecular formula is C20H13Cl2F4. The third-order valence-electron chi connectivity index (χ3n) is 4.17. The van der Waals surface area contributed by atoms with Crippen LogP contribution in [0, 0.1) is 13.3 Å². The van der Waals surface area contributed by atoms with Gasteiger partial charge in [0.15, 0.2) is 0 Å². The average Bonchev–Trinajstić information content (AvgIpc) is 2.57. The zero-order valence-corrected chi connectivity index (χ0v) is 15.1. The lowest BCUT2D eigenvalue weighted by Crippen LogP contribution is -2.19. The summed E-state index contributed by atoms with van der Waals surface area (Å²) in [4.78, 5) is 0. The molecule has 2 aromatic rings. The van der Waals surface area contributed by atoms with Crippen LogP contribution in [0.15, 0.2) is 53.9 Å². The SMILES string of the molecule is Cc1ccc(C2=C(c3ccc(Cl)c(Cl)c3)C(C(F)(F)F)=C(F)[CH]C2)cc1. The normalized spacial score (nSPS) is 15.7. The highest BCUT2D eigenvalue weighted by atomic mass is 35.5. The van der Waals surface area contributed by atoms with Gasteiger partial charge >= 0.3 is 6.18 Å². The monoisotopic (exact) mass is 399 g/mol. The van der Waals surface area contributed by atoms with Gasteiger partial charge in [-0.05, 0) is 42.2 Å². The molecule has 0 unspecified atom stereocenters. The van der Waals surface area contributed by atoms with Crippen molar-refractivity contribution in [2.24, 2.45) is 0 Å². The summed E-state index contributed by atoms with van der Waals surface area (Å²) in [5.74, 6) is -1.28. The molecule has 1 aliphatic rings. The first-order valence-electron chi connectivity index (χ1n) is 7.74. The third kappa shape index (κ3) is 3.67. The maximum Gasteiger partial charge on any atom is 0.419 e. The van der Waals surface area contributed by atoms with Gasteiger partial charge in [-0.25, -0.2) is 4.39 Å². The van der Waals surface area contributed by atoms with Crippen LogP contribution in [-0.4, -0.2) is 6.18 Å². The molecule has 0 atom stereocenters. The topological polar surface area (TPSA) is 0 Å². The number of halogens is 6. The first kappa shape index (κ1) is 19.0. The summed E-state index contributed by atoms with van der Waals surface area (Å²) in [7, 11) is 0. The molecule has 3 rings (SSSR count). The van der Waals surface area contributed by atoms with Crippen LogP contribution < -0.4 is 0 Å². The minimum absolute atomic E-state index is 0.0457. The van der Waals surface area contributed by atoms with Gasteiger partial charge in [0.25, 0.3) is 0 Å². The van der Waals surface area contributed by atoms with Crippen LogP contribution in [0.1, 0.15) is 23.1 Å². The van der Waals surface area contributed by atoms with Crippen molar-refractivity contribution in [2.75, 3.05) is 0 Å². The number of allylic oxidation sites excluding steroid dienone is 4. The van der Waals surface area contributed by atoms with Crippen molar-refractivity contribution in [3.8, 4) is 0 Å². The molecule has 0 amide bonds. The second-order valence-electron chi connectivity index (χ2n) is 5.98. The van der Waals surface area contributed by atoms with Gasteiger partial charge in [0.2, 0.25) is 0 Å². The van der Waals surface area contributed by atoms with Crippen molar-refractivity contribution in [1.82, 2.24) is 0 Å². The van der Waals surface area contributed by atoms with Crippen LogP contribution in [0.25, 0.3) is 11.1 Å². The van der Waals surface area contributed by atoms with Crippen molar-refractivity contribution in [3.05, 3.63) is 87.0 Å². The molecule has 0 nitrogen and oxygen atoms in total. The standard InChI is InChI=1S/C20H13Cl2F4/c1-11-2-4-12(5-3-11)14-7-9-17(23)19(20(24,25)26)18(14)13-6-8-15(21)16(22)10-13/h2-6,8-10H,7H2,1H3. The Morgan fingerprint density at radius 2 is 1.50 bits per heavy atom. The second-order valence-corrected chi connectivity index (χ2v) is 6.79. The quantitative estimate of drug-likeness (QED) is 0.455. The number of alkyl halides is 3. The highest BCUT2D eigenvalue weighted by Crippen LogP contribution is 2.48. The van der Waals surface area contributed by atoms with Crippen LogP contribution in [0.3, 0.4) is 0 Å². The van der Waals surface area contributed by atoms with Gasteiger partial charge in [-0.2, -0.15) is 13.2 Å². The number of hydrogen-bond donors (Lipinski definition) is 0. The van der Waals surface area contributed by atoms with Gasteiger partial charge in [0.05, 0.1) is 15.6 Å². The number of hydrogen-bond acceptors (Lipinski definition) is 0. The predicted molar refractivity (Wildman–Crippen MR) is 97.6 cm³/mol. The third-order valence-corrected chi connectivity index (χ3v) is 4.91. The Kier molecular flexibility index (Phi) is 5.18. The van der Waals surface area contributed by atoms with Crippen LogP contribution >= 0.6 is 23.2 Å². The highest BCUT2D eigenvalue weighted by molar-refractivity contribution is 6.42. The van der Waals surface area contributed by atoms with Gasteiger partial charge in [-0.3, -0.25) is 0 Å². The van der Waals surface area contributed by atoms with Gasteiger partial charge < -0.3 is 0 Å². The molecule has 0 saturated heterocycles. The molecule has 135 valence electrons. The average molecular weight is 400 g/mol. The van der Waals surface area contributed by atoms with Crippen molar-refractivity contribution < 1.29 is 17.6 Å². The van der Waals surface area contributed by atoms with E-state index in [0.29, 0.717) is 11.1 Å². The largest absolute Gasteiger partial charge is 0.419 e. The van der Waals surface area contributed by atoms with E-state index in [1.807, 2.05) is 6.92 Å². The van der Waals surface area contributed by atoms with Crippen molar-refractivity contribution in [1.29, 1.82) is 0 Å². The molecule has 1 aliphatic carbocycles. The van der Waals surface area contributed by atoms with Crippen LogP contribution in [0.4, 0.5) is 17.6 Å². The lowest BCUT2D eigenvalue weighted by molar-refractivity contribution is -0.0888. The van der Waals surface area contributed by atoms with Crippen molar-refractivity contribution in [3.63, 3.8) is 0 Å². The molecule has 0 spiro atoms. The van der Waals surface area contributed by atoms with E-state index in [1.54, 1.807) is 24.3 Å².